The highest BCUT2D eigenvalue weighted by atomic mass is 16.5. The van der Waals surface area contributed by atoms with Crippen LogP contribution in [0.3, 0.4) is 0 Å². The number of likely N-dealkylation sites (tertiary alicyclic amines) is 1. The van der Waals surface area contributed by atoms with Crippen molar-refractivity contribution >= 4 is 11.8 Å². The van der Waals surface area contributed by atoms with Gasteiger partial charge in [-0.2, -0.15) is 0 Å². The van der Waals surface area contributed by atoms with E-state index in [0.29, 0.717) is 31.1 Å². The first kappa shape index (κ1) is 20.9. The maximum atomic E-state index is 13.0. The molecule has 1 unspecified atom stereocenters. The molecule has 2 amide bonds. The Labute approximate surface area is 188 Å². The number of carbonyl (C=O) groups is 2. The summed E-state index contributed by atoms with van der Waals surface area (Å²) in [5.41, 5.74) is 1.47. The number of fused-ring (bicyclic) bond motifs is 1. The van der Waals surface area contributed by atoms with Gasteiger partial charge in [-0.15, -0.1) is 0 Å². The first-order valence-electron chi connectivity index (χ1n) is 11.6. The number of para-hydroxylation sites is 1. The highest BCUT2D eigenvalue weighted by Crippen LogP contribution is 2.46. The van der Waals surface area contributed by atoms with Gasteiger partial charge in [0.25, 0.3) is 5.91 Å². The lowest BCUT2D eigenvalue weighted by molar-refractivity contribution is -0.122. The molecule has 1 spiro atoms. The van der Waals surface area contributed by atoms with Crippen molar-refractivity contribution < 1.29 is 19.1 Å². The van der Waals surface area contributed by atoms with Gasteiger partial charge in [-0.25, -0.2) is 0 Å². The maximum Gasteiger partial charge on any atom is 0.253 e. The van der Waals surface area contributed by atoms with Gasteiger partial charge in [0.1, 0.15) is 17.1 Å². The molecule has 1 aliphatic carbocycles. The van der Waals surface area contributed by atoms with Crippen molar-refractivity contribution in [1.29, 1.82) is 0 Å². The molecule has 5 rings (SSSR count). The lowest BCUT2D eigenvalue weighted by atomic mass is 9.76. The number of ether oxygens (including phenoxy) is 2. The van der Waals surface area contributed by atoms with E-state index in [1.54, 1.807) is 7.11 Å². The van der Waals surface area contributed by atoms with E-state index in [1.165, 1.54) is 0 Å². The number of benzene rings is 2. The monoisotopic (exact) mass is 434 g/mol. The van der Waals surface area contributed by atoms with E-state index in [4.69, 9.17) is 9.47 Å². The number of methoxy groups -OCH3 is 1. The number of hydrogen-bond acceptors (Lipinski definition) is 4. The Bertz CT molecular complexity index is 991. The summed E-state index contributed by atoms with van der Waals surface area (Å²) >= 11 is 0. The first-order valence-corrected chi connectivity index (χ1v) is 11.6. The zero-order valence-electron chi connectivity index (χ0n) is 18.5. The summed E-state index contributed by atoms with van der Waals surface area (Å²) in [7, 11) is 1.62. The highest BCUT2D eigenvalue weighted by Gasteiger charge is 2.44. The summed E-state index contributed by atoms with van der Waals surface area (Å²) in [6.07, 6.45) is 5.03. The van der Waals surface area contributed by atoms with Gasteiger partial charge in [-0.3, -0.25) is 9.59 Å². The molecular formula is C26H30N2O4. The van der Waals surface area contributed by atoms with Crippen molar-refractivity contribution in [1.82, 2.24) is 10.2 Å². The van der Waals surface area contributed by atoms with Crippen molar-refractivity contribution in [3.05, 3.63) is 59.7 Å². The van der Waals surface area contributed by atoms with E-state index in [0.717, 1.165) is 49.2 Å². The Balaban J connectivity index is 1.27. The van der Waals surface area contributed by atoms with E-state index in [-0.39, 0.29) is 23.3 Å². The van der Waals surface area contributed by atoms with Crippen LogP contribution in [0.15, 0.2) is 48.5 Å². The zero-order chi connectivity index (χ0) is 22.1. The van der Waals surface area contributed by atoms with Crippen molar-refractivity contribution in [2.75, 3.05) is 20.2 Å². The van der Waals surface area contributed by atoms with Gasteiger partial charge in [0, 0.05) is 49.9 Å². The second-order valence-corrected chi connectivity index (χ2v) is 9.29. The van der Waals surface area contributed by atoms with Gasteiger partial charge in [0.2, 0.25) is 5.91 Å². The van der Waals surface area contributed by atoms with Crippen LogP contribution in [0.2, 0.25) is 0 Å². The third kappa shape index (κ3) is 4.31. The Kier molecular flexibility index (Phi) is 5.53. The molecule has 32 heavy (non-hydrogen) atoms. The van der Waals surface area contributed by atoms with Crippen LogP contribution in [0.1, 0.15) is 60.4 Å². The summed E-state index contributed by atoms with van der Waals surface area (Å²) < 4.78 is 11.7. The number of hydrogen-bond donors (Lipinski definition) is 1. The lowest BCUT2D eigenvalue weighted by Crippen LogP contribution is -2.52. The van der Waals surface area contributed by atoms with Crippen molar-refractivity contribution in [2.45, 2.75) is 56.1 Å². The largest absolute Gasteiger partial charge is 0.497 e. The molecule has 0 bridgehead atoms. The van der Waals surface area contributed by atoms with Crippen LogP contribution in [-0.2, 0) is 4.79 Å². The molecule has 1 atom stereocenters. The van der Waals surface area contributed by atoms with Gasteiger partial charge < -0.3 is 19.7 Å². The molecule has 2 aliphatic heterocycles. The quantitative estimate of drug-likeness (QED) is 0.775. The van der Waals surface area contributed by atoms with E-state index in [9.17, 15) is 9.59 Å². The van der Waals surface area contributed by atoms with Crippen molar-refractivity contribution in [2.24, 2.45) is 0 Å². The van der Waals surface area contributed by atoms with E-state index in [1.807, 2.05) is 47.4 Å². The van der Waals surface area contributed by atoms with Crippen LogP contribution in [0, 0.1) is 0 Å². The summed E-state index contributed by atoms with van der Waals surface area (Å²) in [4.78, 5) is 27.5. The molecule has 1 saturated heterocycles. The SMILES string of the molecule is COc1ccc(C(=O)N2CCC3(CC2)CC(CC(=O)NC2CC2)c2ccccc2O3)cc1. The predicted molar refractivity (Wildman–Crippen MR) is 121 cm³/mol. The summed E-state index contributed by atoms with van der Waals surface area (Å²) in [6, 6.07) is 15.7. The fourth-order valence-corrected chi connectivity index (χ4v) is 5.00. The molecule has 1 N–H and O–H groups in total. The molecule has 2 heterocycles. The smallest absolute Gasteiger partial charge is 0.253 e. The molecule has 6 heteroatoms. The molecule has 6 nitrogen and oxygen atoms in total. The normalized spacial score (nSPS) is 21.4. The minimum absolute atomic E-state index is 0.0408. The average Bonchev–Trinajstić information content (AvgIpc) is 3.63. The molecule has 1 saturated carbocycles. The number of nitrogens with zero attached hydrogens (tertiary/aromatic N) is 1. The van der Waals surface area contributed by atoms with Crippen LogP contribution in [0.4, 0.5) is 0 Å². The lowest BCUT2D eigenvalue weighted by Gasteiger charge is -2.47. The van der Waals surface area contributed by atoms with Crippen molar-refractivity contribution in [3.8, 4) is 11.5 Å². The Hall–Kier alpha value is -3.02. The van der Waals surface area contributed by atoms with Crippen LogP contribution >= 0.6 is 0 Å². The third-order valence-corrected chi connectivity index (χ3v) is 6.98. The predicted octanol–water partition coefficient (Wildman–Crippen LogP) is 3.91. The number of piperidine rings is 1. The number of nitrogens with one attached hydrogen (secondary N) is 1. The van der Waals surface area contributed by atoms with E-state index in [2.05, 4.69) is 11.4 Å². The van der Waals surface area contributed by atoms with E-state index >= 15 is 0 Å². The topological polar surface area (TPSA) is 67.9 Å². The number of amides is 2. The summed E-state index contributed by atoms with van der Waals surface area (Å²) in [6.45, 7) is 1.29. The molecule has 2 fully saturated rings. The van der Waals surface area contributed by atoms with Gasteiger partial charge in [-0.1, -0.05) is 18.2 Å². The second-order valence-electron chi connectivity index (χ2n) is 9.29. The van der Waals surface area contributed by atoms with Crippen molar-refractivity contribution in [3.63, 3.8) is 0 Å². The minimum Gasteiger partial charge on any atom is -0.497 e. The Morgan fingerprint density at radius 1 is 1.09 bits per heavy atom. The molecule has 168 valence electrons. The molecule has 3 aliphatic rings. The van der Waals surface area contributed by atoms with Crippen LogP contribution < -0.4 is 14.8 Å². The zero-order valence-corrected chi connectivity index (χ0v) is 18.5. The van der Waals surface area contributed by atoms with E-state index < -0.39 is 0 Å². The second kappa shape index (κ2) is 8.49. The molecule has 2 aromatic carbocycles. The number of rotatable bonds is 5. The molecule has 0 radical (unpaired) electrons. The van der Waals surface area contributed by atoms with Crippen LogP contribution in [0.25, 0.3) is 0 Å². The molecular weight excluding hydrogens is 404 g/mol. The summed E-state index contributed by atoms with van der Waals surface area (Å²) in [5.74, 6) is 1.95. The van der Waals surface area contributed by atoms with Gasteiger partial charge in [-0.05, 0) is 55.2 Å². The van der Waals surface area contributed by atoms with Gasteiger partial charge in [0.15, 0.2) is 0 Å². The maximum absolute atomic E-state index is 13.0. The standard InChI is InChI=1S/C26H30N2O4/c1-31-21-10-6-18(7-11-21)25(30)28-14-12-26(13-15-28)17-19(16-24(29)27-20-8-9-20)22-4-2-3-5-23(22)32-26/h2-7,10-11,19-20H,8-9,12-17H2,1H3,(H,27,29). The highest BCUT2D eigenvalue weighted by molar-refractivity contribution is 5.94. The number of carbonyl (C=O) groups excluding carboxylic acids is 2. The molecule has 0 aromatic heterocycles. The van der Waals surface area contributed by atoms with Gasteiger partial charge >= 0.3 is 0 Å². The first-order chi connectivity index (χ1) is 15.5. The van der Waals surface area contributed by atoms with Crippen LogP contribution in [-0.4, -0.2) is 48.6 Å². The average molecular weight is 435 g/mol. The fraction of sp³-hybridized carbons (Fsp3) is 0.462. The molecule has 2 aromatic rings. The summed E-state index contributed by atoms with van der Waals surface area (Å²) in [5, 5.41) is 3.13. The third-order valence-electron chi connectivity index (χ3n) is 6.98. The minimum atomic E-state index is -0.324. The van der Waals surface area contributed by atoms with Crippen LogP contribution in [0.5, 0.6) is 11.5 Å². The Morgan fingerprint density at radius 3 is 2.50 bits per heavy atom. The fourth-order valence-electron chi connectivity index (χ4n) is 5.00. The van der Waals surface area contributed by atoms with Gasteiger partial charge in [0.05, 0.1) is 7.11 Å². The Morgan fingerprint density at radius 2 is 1.81 bits per heavy atom.